The van der Waals surface area contributed by atoms with Crippen LogP contribution in [0, 0.1) is 21.4 Å². The number of anilines is 1. The molecule has 0 saturated heterocycles. The molecule has 0 aliphatic rings. The molecule has 0 bridgehead atoms. The molecule has 0 spiro atoms. The molecule has 2 N–H and O–H groups in total. The van der Waals surface area contributed by atoms with Crippen molar-refractivity contribution in [3.05, 3.63) is 33.9 Å². The summed E-state index contributed by atoms with van der Waals surface area (Å²) < 4.78 is 0. The van der Waals surface area contributed by atoms with Crippen LogP contribution in [0.3, 0.4) is 0 Å². The summed E-state index contributed by atoms with van der Waals surface area (Å²) in [4.78, 5) is 10.1. The number of aliphatic hydroxyl groups is 1. The average Bonchev–Trinajstić information content (AvgIpc) is 2.35. The fraction of sp³-hybridized carbons (Fsp3) is 0.417. The monoisotopic (exact) mass is 249 g/mol. The van der Waals surface area contributed by atoms with Gasteiger partial charge in [0.15, 0.2) is 0 Å². The first-order valence-corrected chi connectivity index (χ1v) is 5.64. The van der Waals surface area contributed by atoms with Gasteiger partial charge in [-0.1, -0.05) is 0 Å². The Balaban J connectivity index is 2.80. The van der Waals surface area contributed by atoms with Crippen molar-refractivity contribution in [2.45, 2.75) is 25.8 Å². The summed E-state index contributed by atoms with van der Waals surface area (Å²) >= 11 is 0. The normalized spacial score (nSPS) is 11.6. The minimum atomic E-state index is -0.572. The smallest absolute Gasteiger partial charge is 0.287 e. The Bertz CT molecular complexity index is 468. The first-order chi connectivity index (χ1) is 8.58. The van der Waals surface area contributed by atoms with Gasteiger partial charge in [0.2, 0.25) is 0 Å². The predicted molar refractivity (Wildman–Crippen MR) is 67.2 cm³/mol. The summed E-state index contributed by atoms with van der Waals surface area (Å²) in [5, 5.41) is 31.4. The molecule has 1 atom stereocenters. The molecule has 1 unspecified atom stereocenters. The number of rotatable bonds is 6. The van der Waals surface area contributed by atoms with Crippen LogP contribution in [-0.2, 0) is 0 Å². The molecule has 0 amide bonds. The molecule has 0 radical (unpaired) electrons. The van der Waals surface area contributed by atoms with Gasteiger partial charge in [-0.25, -0.2) is 0 Å². The summed E-state index contributed by atoms with van der Waals surface area (Å²) in [6, 6.07) is 6.30. The molecule has 1 rings (SSSR count). The zero-order valence-corrected chi connectivity index (χ0v) is 10.1. The van der Waals surface area contributed by atoms with Crippen molar-refractivity contribution in [3.8, 4) is 6.07 Å². The van der Waals surface area contributed by atoms with E-state index in [0.29, 0.717) is 12.1 Å². The van der Waals surface area contributed by atoms with E-state index in [0.717, 1.165) is 6.42 Å². The molecule has 1 aromatic carbocycles. The number of hydrogen-bond acceptors (Lipinski definition) is 5. The van der Waals surface area contributed by atoms with Crippen molar-refractivity contribution in [1.82, 2.24) is 0 Å². The summed E-state index contributed by atoms with van der Waals surface area (Å²) in [5.74, 6) is 0. The number of nitrogens with zero attached hydrogens (tertiary/aromatic N) is 2. The molecule has 0 saturated carbocycles. The van der Waals surface area contributed by atoms with Gasteiger partial charge in [0.25, 0.3) is 5.69 Å². The van der Waals surface area contributed by atoms with E-state index in [2.05, 4.69) is 5.32 Å². The standard InChI is InChI=1S/C12H15N3O3/c1-9(3-2-6-16)14-11-4-5-12(15(17)18)10(7-11)8-13/h4-5,7,9,14,16H,2-3,6H2,1H3. The Kier molecular flexibility index (Phi) is 5.08. The number of nitrogens with one attached hydrogen (secondary N) is 1. The third-order valence-electron chi connectivity index (χ3n) is 2.52. The van der Waals surface area contributed by atoms with Crippen LogP contribution in [0.15, 0.2) is 18.2 Å². The van der Waals surface area contributed by atoms with E-state index in [1.54, 1.807) is 6.07 Å². The van der Waals surface area contributed by atoms with Gasteiger partial charge in [-0.15, -0.1) is 0 Å². The fourth-order valence-corrected chi connectivity index (χ4v) is 1.63. The van der Waals surface area contributed by atoms with E-state index in [4.69, 9.17) is 10.4 Å². The van der Waals surface area contributed by atoms with Crippen LogP contribution in [0.5, 0.6) is 0 Å². The number of nitro benzene ring substituents is 1. The maximum atomic E-state index is 10.7. The Morgan fingerprint density at radius 2 is 2.33 bits per heavy atom. The highest BCUT2D eigenvalue weighted by Crippen LogP contribution is 2.22. The van der Waals surface area contributed by atoms with Gasteiger partial charge in [0, 0.05) is 24.4 Å². The molecule has 18 heavy (non-hydrogen) atoms. The lowest BCUT2D eigenvalue weighted by atomic mass is 10.1. The number of nitriles is 1. The maximum Gasteiger partial charge on any atom is 0.287 e. The van der Waals surface area contributed by atoms with Crippen LogP contribution in [0.4, 0.5) is 11.4 Å². The van der Waals surface area contributed by atoms with Crippen molar-refractivity contribution in [2.75, 3.05) is 11.9 Å². The van der Waals surface area contributed by atoms with E-state index in [9.17, 15) is 10.1 Å². The fourth-order valence-electron chi connectivity index (χ4n) is 1.63. The number of nitro groups is 1. The molecule has 1 aromatic rings. The maximum absolute atomic E-state index is 10.7. The molecule has 0 aliphatic heterocycles. The lowest BCUT2D eigenvalue weighted by molar-refractivity contribution is -0.385. The van der Waals surface area contributed by atoms with Gasteiger partial charge in [-0.2, -0.15) is 5.26 Å². The van der Waals surface area contributed by atoms with E-state index >= 15 is 0 Å². The van der Waals surface area contributed by atoms with Crippen molar-refractivity contribution >= 4 is 11.4 Å². The van der Waals surface area contributed by atoms with Crippen LogP contribution in [0.2, 0.25) is 0 Å². The molecular formula is C12H15N3O3. The van der Waals surface area contributed by atoms with Crippen LogP contribution in [0.25, 0.3) is 0 Å². The minimum absolute atomic E-state index is 0.0411. The molecule has 96 valence electrons. The minimum Gasteiger partial charge on any atom is -0.396 e. The Labute approximate surface area is 105 Å². The highest BCUT2D eigenvalue weighted by molar-refractivity contribution is 5.58. The van der Waals surface area contributed by atoms with Gasteiger partial charge in [-0.3, -0.25) is 10.1 Å². The van der Waals surface area contributed by atoms with Gasteiger partial charge < -0.3 is 10.4 Å². The van der Waals surface area contributed by atoms with Crippen LogP contribution in [0.1, 0.15) is 25.3 Å². The lowest BCUT2D eigenvalue weighted by Crippen LogP contribution is -2.15. The summed E-state index contributed by atoms with van der Waals surface area (Å²) in [7, 11) is 0. The molecule has 0 aromatic heterocycles. The lowest BCUT2D eigenvalue weighted by Gasteiger charge is -2.14. The highest BCUT2D eigenvalue weighted by Gasteiger charge is 2.14. The third kappa shape index (κ3) is 3.71. The summed E-state index contributed by atoms with van der Waals surface area (Å²) in [6.07, 6.45) is 1.47. The quantitative estimate of drug-likeness (QED) is 0.593. The average molecular weight is 249 g/mol. The van der Waals surface area contributed by atoms with Crippen LogP contribution >= 0.6 is 0 Å². The molecule has 0 heterocycles. The van der Waals surface area contributed by atoms with Gasteiger partial charge in [0.1, 0.15) is 11.6 Å². The second kappa shape index (κ2) is 6.57. The Morgan fingerprint density at radius 1 is 1.61 bits per heavy atom. The van der Waals surface area contributed by atoms with Gasteiger partial charge in [0.05, 0.1) is 4.92 Å². The predicted octanol–water partition coefficient (Wildman–Crippen LogP) is 2.04. The van der Waals surface area contributed by atoms with Gasteiger partial charge >= 0.3 is 0 Å². The third-order valence-corrected chi connectivity index (χ3v) is 2.52. The van der Waals surface area contributed by atoms with Crippen LogP contribution < -0.4 is 5.32 Å². The number of benzene rings is 1. The second-order valence-electron chi connectivity index (χ2n) is 4.01. The summed E-state index contributed by atoms with van der Waals surface area (Å²) in [6.45, 7) is 2.08. The zero-order valence-electron chi connectivity index (χ0n) is 10.1. The summed E-state index contributed by atoms with van der Waals surface area (Å²) in [5.41, 5.74) is 0.521. The van der Waals surface area contributed by atoms with Crippen molar-refractivity contribution < 1.29 is 10.0 Å². The van der Waals surface area contributed by atoms with E-state index in [-0.39, 0.29) is 23.9 Å². The number of aliphatic hydroxyl groups excluding tert-OH is 1. The largest absolute Gasteiger partial charge is 0.396 e. The first-order valence-electron chi connectivity index (χ1n) is 5.64. The van der Waals surface area contributed by atoms with E-state index in [1.807, 2.05) is 13.0 Å². The SMILES string of the molecule is CC(CCCO)Nc1ccc([N+](=O)[O-])c(C#N)c1. The molecule has 0 aliphatic carbocycles. The van der Waals surface area contributed by atoms with E-state index in [1.165, 1.54) is 12.1 Å². The molecule has 6 nitrogen and oxygen atoms in total. The first kappa shape index (κ1) is 13.9. The Morgan fingerprint density at radius 3 is 2.89 bits per heavy atom. The van der Waals surface area contributed by atoms with Gasteiger partial charge in [-0.05, 0) is 31.9 Å². The second-order valence-corrected chi connectivity index (χ2v) is 4.01. The zero-order chi connectivity index (χ0) is 13.5. The molecule has 0 fully saturated rings. The van der Waals surface area contributed by atoms with Crippen molar-refractivity contribution in [1.29, 1.82) is 5.26 Å². The topological polar surface area (TPSA) is 99.2 Å². The van der Waals surface area contributed by atoms with Crippen molar-refractivity contribution in [3.63, 3.8) is 0 Å². The highest BCUT2D eigenvalue weighted by atomic mass is 16.6. The Hall–Kier alpha value is -2.13. The van der Waals surface area contributed by atoms with Crippen molar-refractivity contribution in [2.24, 2.45) is 0 Å². The number of hydrogen-bond donors (Lipinski definition) is 2. The van der Waals surface area contributed by atoms with Crippen LogP contribution in [-0.4, -0.2) is 22.7 Å². The van der Waals surface area contributed by atoms with E-state index < -0.39 is 4.92 Å². The molecule has 6 heteroatoms. The molecular weight excluding hydrogens is 234 g/mol.